The van der Waals surface area contributed by atoms with Crippen LogP contribution in [0.3, 0.4) is 0 Å². The first-order valence-corrected chi connectivity index (χ1v) is 7.16. The van der Waals surface area contributed by atoms with E-state index < -0.39 is 0 Å². The Balaban J connectivity index is 2.72. The molecule has 1 aromatic rings. The number of nitrogens with zero attached hydrogens (tertiary/aromatic N) is 2. The minimum absolute atomic E-state index is 0.837. The van der Waals surface area contributed by atoms with Crippen LogP contribution in [0.5, 0.6) is 0 Å². The molecule has 3 nitrogen and oxygen atoms in total. The van der Waals surface area contributed by atoms with Crippen molar-refractivity contribution in [1.82, 2.24) is 10.3 Å². The van der Waals surface area contributed by atoms with E-state index in [0.29, 0.717) is 0 Å². The van der Waals surface area contributed by atoms with Crippen LogP contribution in [-0.4, -0.2) is 25.1 Å². The van der Waals surface area contributed by atoms with E-state index in [2.05, 4.69) is 41.2 Å². The molecule has 1 N–H and O–H groups in total. The zero-order chi connectivity index (χ0) is 13.2. The molecule has 18 heavy (non-hydrogen) atoms. The standard InChI is InChI=1S/C15H27N3/c1-4-6-10-18(11-7-5-2)15-8-9-17-14(12-15)13-16-3/h8-9,12,16H,4-7,10-11,13H2,1-3H3. The van der Waals surface area contributed by atoms with Crippen molar-refractivity contribution in [2.24, 2.45) is 0 Å². The second kappa shape index (κ2) is 8.92. The SMILES string of the molecule is CCCCN(CCCC)c1ccnc(CNC)c1. The second-order valence-electron chi connectivity index (χ2n) is 4.73. The highest BCUT2D eigenvalue weighted by Crippen LogP contribution is 2.16. The van der Waals surface area contributed by atoms with Gasteiger partial charge in [0.25, 0.3) is 0 Å². The molecule has 0 aliphatic carbocycles. The molecule has 0 aliphatic rings. The number of rotatable bonds is 9. The molecule has 0 atom stereocenters. The largest absolute Gasteiger partial charge is 0.371 e. The van der Waals surface area contributed by atoms with Gasteiger partial charge in [-0.2, -0.15) is 0 Å². The molecule has 0 amide bonds. The van der Waals surface area contributed by atoms with E-state index in [-0.39, 0.29) is 0 Å². The minimum Gasteiger partial charge on any atom is -0.371 e. The van der Waals surface area contributed by atoms with Gasteiger partial charge in [0.15, 0.2) is 0 Å². The first kappa shape index (κ1) is 15.0. The molecule has 0 unspecified atom stereocenters. The summed E-state index contributed by atoms with van der Waals surface area (Å²) in [6.45, 7) is 7.64. The van der Waals surface area contributed by atoms with Gasteiger partial charge in [0, 0.05) is 31.5 Å². The minimum atomic E-state index is 0.837. The maximum absolute atomic E-state index is 4.38. The van der Waals surface area contributed by atoms with Crippen molar-refractivity contribution in [2.45, 2.75) is 46.1 Å². The number of hydrogen-bond donors (Lipinski definition) is 1. The van der Waals surface area contributed by atoms with Crippen LogP contribution in [0.1, 0.15) is 45.2 Å². The number of nitrogens with one attached hydrogen (secondary N) is 1. The van der Waals surface area contributed by atoms with Gasteiger partial charge in [0.05, 0.1) is 5.69 Å². The summed E-state index contributed by atoms with van der Waals surface area (Å²) in [5.41, 5.74) is 2.44. The van der Waals surface area contributed by atoms with Crippen molar-refractivity contribution >= 4 is 5.69 Å². The van der Waals surface area contributed by atoms with Gasteiger partial charge in [-0.25, -0.2) is 0 Å². The fourth-order valence-corrected chi connectivity index (χ4v) is 2.01. The lowest BCUT2D eigenvalue weighted by molar-refractivity contribution is 0.676. The summed E-state index contributed by atoms with van der Waals surface area (Å²) in [7, 11) is 1.96. The highest BCUT2D eigenvalue weighted by molar-refractivity contribution is 5.46. The Labute approximate surface area is 112 Å². The molecule has 0 saturated carbocycles. The first-order valence-electron chi connectivity index (χ1n) is 7.16. The predicted molar refractivity (Wildman–Crippen MR) is 79.0 cm³/mol. The van der Waals surface area contributed by atoms with E-state index in [1.807, 2.05) is 13.2 Å². The van der Waals surface area contributed by atoms with Crippen LogP contribution >= 0.6 is 0 Å². The van der Waals surface area contributed by atoms with Gasteiger partial charge in [-0.3, -0.25) is 4.98 Å². The fraction of sp³-hybridized carbons (Fsp3) is 0.667. The van der Waals surface area contributed by atoms with Gasteiger partial charge in [-0.15, -0.1) is 0 Å². The third kappa shape index (κ3) is 5.05. The van der Waals surface area contributed by atoms with Crippen LogP contribution in [-0.2, 0) is 6.54 Å². The maximum Gasteiger partial charge on any atom is 0.0562 e. The van der Waals surface area contributed by atoms with Crippen LogP contribution < -0.4 is 10.2 Å². The first-order chi connectivity index (χ1) is 8.81. The van der Waals surface area contributed by atoms with Crippen LogP contribution in [0, 0.1) is 0 Å². The van der Waals surface area contributed by atoms with E-state index in [9.17, 15) is 0 Å². The smallest absolute Gasteiger partial charge is 0.0562 e. The Morgan fingerprint density at radius 3 is 2.39 bits per heavy atom. The summed E-state index contributed by atoms with van der Waals surface area (Å²) in [5.74, 6) is 0. The molecule has 0 aromatic carbocycles. The van der Waals surface area contributed by atoms with Gasteiger partial charge >= 0.3 is 0 Å². The van der Waals surface area contributed by atoms with E-state index in [4.69, 9.17) is 0 Å². The van der Waals surface area contributed by atoms with Crippen molar-refractivity contribution in [1.29, 1.82) is 0 Å². The van der Waals surface area contributed by atoms with Crippen molar-refractivity contribution in [3.8, 4) is 0 Å². The average Bonchev–Trinajstić information content (AvgIpc) is 2.40. The van der Waals surface area contributed by atoms with Crippen LogP contribution in [0.4, 0.5) is 5.69 Å². The van der Waals surface area contributed by atoms with Crippen molar-refractivity contribution in [2.75, 3.05) is 25.0 Å². The quantitative estimate of drug-likeness (QED) is 0.728. The highest BCUT2D eigenvalue weighted by atomic mass is 15.1. The summed E-state index contributed by atoms with van der Waals surface area (Å²) in [4.78, 5) is 6.88. The molecule has 0 radical (unpaired) electrons. The third-order valence-electron chi connectivity index (χ3n) is 3.09. The molecule has 3 heteroatoms. The number of unbranched alkanes of at least 4 members (excludes halogenated alkanes) is 2. The monoisotopic (exact) mass is 249 g/mol. The van der Waals surface area contributed by atoms with Crippen molar-refractivity contribution in [3.63, 3.8) is 0 Å². The van der Waals surface area contributed by atoms with Gasteiger partial charge in [-0.1, -0.05) is 26.7 Å². The fourth-order valence-electron chi connectivity index (χ4n) is 2.01. The average molecular weight is 249 g/mol. The molecule has 1 rings (SSSR count). The molecule has 0 saturated heterocycles. The van der Waals surface area contributed by atoms with Crippen molar-refractivity contribution in [3.05, 3.63) is 24.0 Å². The van der Waals surface area contributed by atoms with Crippen molar-refractivity contribution < 1.29 is 0 Å². The molecule has 0 fully saturated rings. The Hall–Kier alpha value is -1.09. The molecule has 0 spiro atoms. The van der Waals surface area contributed by atoms with Gasteiger partial charge in [-0.05, 0) is 32.0 Å². The Kier molecular flexibility index (Phi) is 7.42. The summed E-state index contributed by atoms with van der Waals surface area (Å²) in [6.07, 6.45) is 6.93. The van der Waals surface area contributed by atoms with E-state index in [0.717, 1.165) is 25.3 Å². The zero-order valence-corrected chi connectivity index (χ0v) is 12.1. The molecular formula is C15H27N3. The lowest BCUT2D eigenvalue weighted by Gasteiger charge is -2.25. The highest BCUT2D eigenvalue weighted by Gasteiger charge is 2.06. The summed E-state index contributed by atoms with van der Waals surface area (Å²) in [5, 5.41) is 3.16. The van der Waals surface area contributed by atoms with Crippen LogP contribution in [0.25, 0.3) is 0 Å². The predicted octanol–water partition coefficient (Wildman–Crippen LogP) is 3.21. The van der Waals surface area contributed by atoms with E-state index in [1.54, 1.807) is 0 Å². The summed E-state index contributed by atoms with van der Waals surface area (Å²) >= 11 is 0. The van der Waals surface area contributed by atoms with E-state index >= 15 is 0 Å². The molecule has 0 aliphatic heterocycles. The number of aromatic nitrogens is 1. The number of anilines is 1. The van der Waals surface area contributed by atoms with E-state index in [1.165, 1.54) is 31.4 Å². The van der Waals surface area contributed by atoms with Gasteiger partial charge in [0.1, 0.15) is 0 Å². The molecule has 1 heterocycles. The second-order valence-corrected chi connectivity index (χ2v) is 4.73. The molecule has 0 bridgehead atoms. The topological polar surface area (TPSA) is 28.2 Å². The zero-order valence-electron chi connectivity index (χ0n) is 12.1. The lowest BCUT2D eigenvalue weighted by Crippen LogP contribution is -2.25. The number of hydrogen-bond acceptors (Lipinski definition) is 3. The van der Waals surface area contributed by atoms with Gasteiger partial charge in [0.2, 0.25) is 0 Å². The van der Waals surface area contributed by atoms with Crippen LogP contribution in [0.15, 0.2) is 18.3 Å². The molecule has 1 aromatic heterocycles. The number of pyridine rings is 1. The Morgan fingerprint density at radius 1 is 1.17 bits per heavy atom. The Morgan fingerprint density at radius 2 is 1.83 bits per heavy atom. The third-order valence-corrected chi connectivity index (χ3v) is 3.09. The molecular weight excluding hydrogens is 222 g/mol. The summed E-state index contributed by atoms with van der Waals surface area (Å²) in [6, 6.07) is 4.34. The Bertz CT molecular complexity index is 317. The maximum atomic E-state index is 4.38. The molecule has 102 valence electrons. The van der Waals surface area contributed by atoms with Crippen LogP contribution in [0.2, 0.25) is 0 Å². The lowest BCUT2D eigenvalue weighted by atomic mass is 10.2. The summed E-state index contributed by atoms with van der Waals surface area (Å²) < 4.78 is 0. The van der Waals surface area contributed by atoms with Gasteiger partial charge < -0.3 is 10.2 Å². The normalized spacial score (nSPS) is 10.6.